The molecule has 0 amide bonds. The minimum absolute atomic E-state index is 0. The Morgan fingerprint density at radius 1 is 1.10 bits per heavy atom. The second-order valence-electron chi connectivity index (χ2n) is 5.13. The van der Waals surface area contributed by atoms with Gasteiger partial charge in [-0.05, 0) is 24.3 Å². The van der Waals surface area contributed by atoms with Crippen LogP contribution in [0.1, 0.15) is 32.3 Å². The van der Waals surface area contributed by atoms with Gasteiger partial charge in [-0.15, -0.1) is 6.42 Å². The van der Waals surface area contributed by atoms with Gasteiger partial charge in [0.2, 0.25) is 4.05 Å². The van der Waals surface area contributed by atoms with E-state index in [1.807, 2.05) is 0 Å². The molecule has 0 saturated carbocycles. The molecule has 1 unspecified atom stereocenters. The van der Waals surface area contributed by atoms with Crippen LogP contribution in [-0.4, -0.2) is 28.2 Å². The van der Waals surface area contributed by atoms with Crippen molar-refractivity contribution >= 4 is 22.6 Å². The number of alkyl halides is 1. The van der Waals surface area contributed by atoms with Crippen LogP contribution in [0.5, 0.6) is 0 Å². The van der Waals surface area contributed by atoms with Crippen molar-refractivity contribution in [3.05, 3.63) is 35.9 Å². The zero-order chi connectivity index (χ0) is 14.1. The third-order valence-electron chi connectivity index (χ3n) is 3.64. The highest BCUT2D eigenvalue weighted by Gasteiger charge is 2.32. The first-order valence-corrected chi connectivity index (χ1v) is 8.43. The summed E-state index contributed by atoms with van der Waals surface area (Å²) in [6.07, 6.45) is 9.21. The van der Waals surface area contributed by atoms with E-state index in [0.717, 1.165) is 17.4 Å². The summed E-state index contributed by atoms with van der Waals surface area (Å²) in [5, 5.41) is 0. The molecule has 1 aromatic rings. The largest absolute Gasteiger partial charge is 1.00 e. The number of benzene rings is 1. The van der Waals surface area contributed by atoms with Gasteiger partial charge in [0.05, 0.1) is 19.6 Å². The van der Waals surface area contributed by atoms with E-state index in [1.54, 1.807) is 0 Å². The van der Waals surface area contributed by atoms with Crippen molar-refractivity contribution in [3.63, 3.8) is 0 Å². The number of quaternary nitrogens is 1. The molecule has 0 N–H and O–H groups in total. The summed E-state index contributed by atoms with van der Waals surface area (Å²) in [6, 6.07) is 10.7. The summed E-state index contributed by atoms with van der Waals surface area (Å²) in [7, 11) is 0. The molecule has 0 aliphatic rings. The summed E-state index contributed by atoms with van der Waals surface area (Å²) in [5.41, 5.74) is 1.41. The fourth-order valence-corrected chi connectivity index (χ4v) is 3.56. The standard InChI is InChI=1S/C17H25IN.ClH/c1-4-13-19(14-5-2,17(18)6-3)15-12-16-10-8-7-9-11-16;/h3,7-11,17H,4-5,12-15H2,1-2H3;1H/q+1;/p-1. The van der Waals surface area contributed by atoms with Crippen LogP contribution in [0.4, 0.5) is 0 Å². The van der Waals surface area contributed by atoms with Gasteiger partial charge in [-0.1, -0.05) is 44.2 Å². The highest BCUT2D eigenvalue weighted by atomic mass is 127. The highest BCUT2D eigenvalue weighted by Crippen LogP contribution is 2.22. The van der Waals surface area contributed by atoms with E-state index in [2.05, 4.69) is 72.7 Å². The van der Waals surface area contributed by atoms with Crippen LogP contribution in [-0.2, 0) is 6.42 Å². The SMILES string of the molecule is C#CC(I)[N+](CCC)(CCC)CCc1ccccc1.[Cl-]. The first-order chi connectivity index (χ1) is 9.18. The Balaban J connectivity index is 0.00000361. The van der Waals surface area contributed by atoms with Gasteiger partial charge in [0.15, 0.2) is 0 Å². The minimum Gasteiger partial charge on any atom is -1.00 e. The minimum atomic E-state index is 0. The number of hydrogen-bond donors (Lipinski definition) is 0. The van der Waals surface area contributed by atoms with Crippen molar-refractivity contribution in [2.45, 2.75) is 37.2 Å². The van der Waals surface area contributed by atoms with Crippen molar-refractivity contribution in [1.29, 1.82) is 0 Å². The molecule has 0 aliphatic carbocycles. The van der Waals surface area contributed by atoms with Gasteiger partial charge < -0.3 is 16.9 Å². The Labute approximate surface area is 144 Å². The molecular formula is C17H25ClIN. The zero-order valence-corrected chi connectivity index (χ0v) is 15.4. The molecule has 0 bridgehead atoms. The Hall–Kier alpha value is -0.240. The molecule has 1 atom stereocenters. The summed E-state index contributed by atoms with van der Waals surface area (Å²) in [6.45, 7) is 8.01. The van der Waals surface area contributed by atoms with Crippen LogP contribution in [0.2, 0.25) is 0 Å². The lowest BCUT2D eigenvalue weighted by Crippen LogP contribution is -3.00. The number of rotatable bonds is 8. The molecule has 0 fully saturated rings. The topological polar surface area (TPSA) is 0 Å². The van der Waals surface area contributed by atoms with Gasteiger partial charge in [0, 0.05) is 29.0 Å². The Morgan fingerprint density at radius 3 is 2.10 bits per heavy atom. The number of halogens is 2. The van der Waals surface area contributed by atoms with E-state index in [0.29, 0.717) is 0 Å². The van der Waals surface area contributed by atoms with E-state index < -0.39 is 0 Å². The van der Waals surface area contributed by atoms with Crippen molar-refractivity contribution in [2.75, 3.05) is 19.6 Å². The Bertz CT molecular complexity index is 393. The van der Waals surface area contributed by atoms with E-state index in [4.69, 9.17) is 6.42 Å². The lowest BCUT2D eigenvalue weighted by atomic mass is 10.1. The van der Waals surface area contributed by atoms with Crippen LogP contribution in [0.15, 0.2) is 30.3 Å². The number of hydrogen-bond acceptors (Lipinski definition) is 0. The molecule has 1 aromatic carbocycles. The number of nitrogens with zero attached hydrogens (tertiary/aromatic N) is 1. The molecule has 1 rings (SSSR count). The van der Waals surface area contributed by atoms with E-state index in [-0.39, 0.29) is 16.5 Å². The van der Waals surface area contributed by atoms with Gasteiger partial charge in [-0.3, -0.25) is 0 Å². The summed E-state index contributed by atoms with van der Waals surface area (Å²) in [5.74, 6) is 2.97. The Morgan fingerprint density at radius 2 is 1.65 bits per heavy atom. The van der Waals surface area contributed by atoms with Crippen LogP contribution >= 0.6 is 22.6 Å². The van der Waals surface area contributed by atoms with Gasteiger partial charge >= 0.3 is 0 Å². The molecular weight excluding hydrogens is 381 g/mol. The zero-order valence-electron chi connectivity index (χ0n) is 12.5. The average Bonchev–Trinajstić information content (AvgIpc) is 2.45. The predicted molar refractivity (Wildman–Crippen MR) is 92.2 cm³/mol. The third kappa shape index (κ3) is 5.63. The van der Waals surface area contributed by atoms with Gasteiger partial charge in [0.1, 0.15) is 0 Å². The summed E-state index contributed by atoms with van der Waals surface area (Å²) in [4.78, 5) is 0. The lowest BCUT2D eigenvalue weighted by Gasteiger charge is -2.40. The Kier molecular flexibility index (Phi) is 10.4. The van der Waals surface area contributed by atoms with Crippen molar-refractivity contribution < 1.29 is 16.9 Å². The molecule has 0 radical (unpaired) electrons. The normalized spacial score (nSPS) is 12.3. The van der Waals surface area contributed by atoms with E-state index >= 15 is 0 Å². The maximum Gasteiger partial charge on any atom is 0.200 e. The van der Waals surface area contributed by atoms with Crippen LogP contribution < -0.4 is 12.4 Å². The number of terminal acetylenes is 1. The second kappa shape index (κ2) is 10.5. The highest BCUT2D eigenvalue weighted by molar-refractivity contribution is 14.1. The molecule has 0 spiro atoms. The van der Waals surface area contributed by atoms with E-state index in [9.17, 15) is 0 Å². The maximum absolute atomic E-state index is 5.71. The molecule has 0 aromatic heterocycles. The van der Waals surface area contributed by atoms with Gasteiger partial charge in [0.25, 0.3) is 0 Å². The van der Waals surface area contributed by atoms with E-state index in [1.165, 1.54) is 31.5 Å². The summed E-state index contributed by atoms with van der Waals surface area (Å²) >= 11 is 2.45. The lowest BCUT2D eigenvalue weighted by molar-refractivity contribution is -0.927. The molecule has 20 heavy (non-hydrogen) atoms. The van der Waals surface area contributed by atoms with Crippen LogP contribution in [0.25, 0.3) is 0 Å². The predicted octanol–water partition coefficient (Wildman–Crippen LogP) is 1.26. The second-order valence-corrected chi connectivity index (χ2v) is 6.31. The smallest absolute Gasteiger partial charge is 0.200 e. The first-order valence-electron chi connectivity index (χ1n) is 7.18. The fraction of sp³-hybridized carbons (Fsp3) is 0.529. The van der Waals surface area contributed by atoms with Gasteiger partial charge in [-0.25, -0.2) is 0 Å². The molecule has 3 heteroatoms. The molecule has 1 nitrogen and oxygen atoms in total. The van der Waals surface area contributed by atoms with Crippen molar-refractivity contribution in [3.8, 4) is 12.3 Å². The summed E-state index contributed by atoms with van der Waals surface area (Å²) < 4.78 is 1.33. The molecule has 0 saturated heterocycles. The van der Waals surface area contributed by atoms with Crippen LogP contribution in [0, 0.1) is 12.3 Å². The third-order valence-corrected chi connectivity index (χ3v) is 5.19. The molecule has 112 valence electrons. The quantitative estimate of drug-likeness (QED) is 0.201. The monoisotopic (exact) mass is 405 g/mol. The van der Waals surface area contributed by atoms with Crippen molar-refractivity contribution in [1.82, 2.24) is 0 Å². The molecule has 0 heterocycles. The fourth-order valence-electron chi connectivity index (χ4n) is 2.72. The van der Waals surface area contributed by atoms with Gasteiger partial charge in [-0.2, -0.15) is 0 Å². The first kappa shape index (κ1) is 19.8. The average molecular weight is 406 g/mol. The molecule has 0 aliphatic heterocycles. The van der Waals surface area contributed by atoms with Crippen LogP contribution in [0.3, 0.4) is 0 Å². The van der Waals surface area contributed by atoms with Crippen molar-refractivity contribution in [2.24, 2.45) is 0 Å². The maximum atomic E-state index is 5.71.